The van der Waals surface area contributed by atoms with Crippen LogP contribution >= 0.6 is 0 Å². The lowest BCUT2D eigenvalue weighted by Gasteiger charge is -2.11. The third kappa shape index (κ3) is 3.80. The Morgan fingerprint density at radius 2 is 2.12 bits per heavy atom. The van der Waals surface area contributed by atoms with Gasteiger partial charge in [-0.2, -0.15) is 0 Å². The molecule has 3 nitrogen and oxygen atoms in total. The molecule has 1 atom stereocenters. The molecule has 1 rings (SSSR count). The number of carbonyl (C=O) groups is 2. The molecule has 16 heavy (non-hydrogen) atoms. The molecule has 0 aromatic rings. The molecule has 90 valence electrons. The van der Waals surface area contributed by atoms with E-state index in [0.29, 0.717) is 11.5 Å². The van der Waals surface area contributed by atoms with Crippen molar-refractivity contribution < 1.29 is 9.59 Å². The minimum absolute atomic E-state index is 0.169. The van der Waals surface area contributed by atoms with Crippen LogP contribution in [0, 0.1) is 5.92 Å². The fourth-order valence-electron chi connectivity index (χ4n) is 1.96. The molecule has 1 heterocycles. The van der Waals surface area contributed by atoms with Gasteiger partial charge in [0.1, 0.15) is 0 Å². The van der Waals surface area contributed by atoms with Crippen LogP contribution in [-0.2, 0) is 9.59 Å². The van der Waals surface area contributed by atoms with Crippen LogP contribution in [0.2, 0.25) is 0 Å². The molecular formula is C13H21NO2. The second-order valence-electron chi connectivity index (χ2n) is 4.44. The van der Waals surface area contributed by atoms with Gasteiger partial charge >= 0.3 is 0 Å². The van der Waals surface area contributed by atoms with Gasteiger partial charge in [0.15, 0.2) is 0 Å². The lowest BCUT2D eigenvalue weighted by Crippen LogP contribution is -2.19. The zero-order valence-corrected chi connectivity index (χ0v) is 10.2. The fraction of sp³-hybridized carbons (Fsp3) is 0.692. The molecule has 0 aromatic carbocycles. The molecule has 1 aliphatic heterocycles. The number of nitrogens with one attached hydrogen (secondary N) is 1. The van der Waals surface area contributed by atoms with Crippen LogP contribution in [0.15, 0.2) is 11.6 Å². The summed E-state index contributed by atoms with van der Waals surface area (Å²) in [6.45, 7) is 4.37. The number of imide groups is 1. The molecule has 3 heteroatoms. The van der Waals surface area contributed by atoms with Gasteiger partial charge in [-0.15, -0.1) is 0 Å². The highest BCUT2D eigenvalue weighted by Crippen LogP contribution is 2.19. The van der Waals surface area contributed by atoms with E-state index in [9.17, 15) is 9.59 Å². The molecule has 1 aliphatic rings. The Balaban J connectivity index is 2.44. The number of unbranched alkanes of at least 4 members (excludes halogenated alkanes) is 1. The van der Waals surface area contributed by atoms with Crippen molar-refractivity contribution >= 4 is 11.8 Å². The smallest absolute Gasteiger partial charge is 0.253 e. The number of amides is 2. The monoisotopic (exact) mass is 223 g/mol. The average Bonchev–Trinajstić information content (AvgIpc) is 2.58. The van der Waals surface area contributed by atoms with E-state index in [4.69, 9.17) is 0 Å². The van der Waals surface area contributed by atoms with Crippen molar-refractivity contribution in [3.63, 3.8) is 0 Å². The van der Waals surface area contributed by atoms with Gasteiger partial charge in [0, 0.05) is 5.57 Å². The zero-order chi connectivity index (χ0) is 12.0. The Morgan fingerprint density at radius 1 is 1.38 bits per heavy atom. The molecule has 1 saturated heterocycles. The van der Waals surface area contributed by atoms with Crippen LogP contribution in [0.1, 0.15) is 52.4 Å². The summed E-state index contributed by atoms with van der Waals surface area (Å²) in [5.41, 5.74) is 0.653. The highest BCUT2D eigenvalue weighted by Gasteiger charge is 2.23. The van der Waals surface area contributed by atoms with Gasteiger partial charge < -0.3 is 0 Å². The molecule has 1 N–H and O–H groups in total. The third-order valence-electron chi connectivity index (χ3n) is 3.14. The van der Waals surface area contributed by atoms with Crippen LogP contribution in [0.3, 0.4) is 0 Å². The van der Waals surface area contributed by atoms with E-state index in [1.54, 1.807) is 0 Å². The Morgan fingerprint density at radius 3 is 2.62 bits per heavy atom. The molecule has 0 bridgehead atoms. The fourth-order valence-corrected chi connectivity index (χ4v) is 1.96. The summed E-state index contributed by atoms with van der Waals surface area (Å²) in [5, 5.41) is 2.31. The average molecular weight is 223 g/mol. The molecule has 0 aliphatic carbocycles. The molecule has 0 saturated carbocycles. The van der Waals surface area contributed by atoms with Gasteiger partial charge in [-0.05, 0) is 12.3 Å². The molecule has 1 unspecified atom stereocenters. The van der Waals surface area contributed by atoms with E-state index in [0.717, 1.165) is 12.8 Å². The summed E-state index contributed by atoms with van der Waals surface area (Å²) in [7, 11) is 0. The summed E-state index contributed by atoms with van der Waals surface area (Å²) >= 11 is 0. The lowest BCUT2D eigenvalue weighted by atomic mass is 9.94. The Bertz CT molecular complexity index is 294. The first-order chi connectivity index (χ1) is 7.67. The quantitative estimate of drug-likeness (QED) is 0.555. The Hall–Kier alpha value is -1.12. The maximum absolute atomic E-state index is 11.3. The second kappa shape index (κ2) is 6.46. The van der Waals surface area contributed by atoms with Crippen molar-refractivity contribution in [1.29, 1.82) is 0 Å². The standard InChI is InChI=1S/C13H21NO2/c1-3-5-6-10(4-2)7-8-11-9-12(15)14-13(11)16/h8,10H,3-7,9H2,1-2H3,(H,14,15,16). The normalized spacial score (nSPS) is 20.2. The first kappa shape index (κ1) is 12.9. The van der Waals surface area contributed by atoms with Crippen molar-refractivity contribution in [2.75, 3.05) is 0 Å². The maximum Gasteiger partial charge on any atom is 0.253 e. The van der Waals surface area contributed by atoms with Gasteiger partial charge in [0.05, 0.1) is 6.42 Å². The molecule has 0 aromatic heterocycles. The first-order valence-electron chi connectivity index (χ1n) is 6.20. The van der Waals surface area contributed by atoms with E-state index >= 15 is 0 Å². The van der Waals surface area contributed by atoms with Crippen molar-refractivity contribution in [2.24, 2.45) is 5.92 Å². The van der Waals surface area contributed by atoms with Crippen LogP contribution in [-0.4, -0.2) is 11.8 Å². The van der Waals surface area contributed by atoms with Gasteiger partial charge in [-0.3, -0.25) is 14.9 Å². The number of carbonyl (C=O) groups excluding carboxylic acids is 2. The van der Waals surface area contributed by atoms with Crippen molar-refractivity contribution in [3.8, 4) is 0 Å². The summed E-state index contributed by atoms with van der Waals surface area (Å²) < 4.78 is 0. The van der Waals surface area contributed by atoms with Crippen molar-refractivity contribution in [2.45, 2.75) is 52.4 Å². The summed E-state index contributed by atoms with van der Waals surface area (Å²) in [6.07, 6.45) is 7.95. The topological polar surface area (TPSA) is 46.2 Å². The number of hydrogen-bond acceptors (Lipinski definition) is 2. The minimum atomic E-state index is -0.199. The number of rotatable bonds is 6. The molecule has 2 amide bonds. The molecule has 0 radical (unpaired) electrons. The van der Waals surface area contributed by atoms with Crippen molar-refractivity contribution in [3.05, 3.63) is 11.6 Å². The number of allylic oxidation sites excluding steroid dienone is 1. The van der Waals surface area contributed by atoms with Crippen LogP contribution < -0.4 is 5.32 Å². The lowest BCUT2D eigenvalue weighted by molar-refractivity contribution is -0.124. The Kier molecular flexibility index (Phi) is 5.23. The van der Waals surface area contributed by atoms with Crippen LogP contribution in [0.25, 0.3) is 0 Å². The summed E-state index contributed by atoms with van der Waals surface area (Å²) in [4.78, 5) is 22.3. The van der Waals surface area contributed by atoms with Gasteiger partial charge in [-0.1, -0.05) is 45.6 Å². The SMILES string of the molecule is CCCCC(CC)CC=C1CC(=O)NC1=O. The second-order valence-corrected chi connectivity index (χ2v) is 4.44. The molecule has 1 fully saturated rings. The van der Waals surface area contributed by atoms with Crippen LogP contribution in [0.5, 0.6) is 0 Å². The molecule has 0 spiro atoms. The summed E-state index contributed by atoms with van der Waals surface area (Å²) in [6, 6.07) is 0. The maximum atomic E-state index is 11.3. The van der Waals surface area contributed by atoms with E-state index in [2.05, 4.69) is 19.2 Å². The largest absolute Gasteiger partial charge is 0.292 e. The van der Waals surface area contributed by atoms with Crippen LogP contribution in [0.4, 0.5) is 0 Å². The molecular weight excluding hydrogens is 202 g/mol. The van der Waals surface area contributed by atoms with Crippen molar-refractivity contribution in [1.82, 2.24) is 5.32 Å². The van der Waals surface area contributed by atoms with E-state index < -0.39 is 0 Å². The minimum Gasteiger partial charge on any atom is -0.292 e. The number of hydrogen-bond donors (Lipinski definition) is 1. The predicted octanol–water partition coefficient (Wildman–Crippen LogP) is 2.57. The summed E-state index contributed by atoms with van der Waals surface area (Å²) in [5.74, 6) is 0.282. The van der Waals surface area contributed by atoms with E-state index in [1.165, 1.54) is 19.3 Å². The van der Waals surface area contributed by atoms with Gasteiger partial charge in [0.2, 0.25) is 5.91 Å². The highest BCUT2D eigenvalue weighted by atomic mass is 16.2. The van der Waals surface area contributed by atoms with Gasteiger partial charge in [0.25, 0.3) is 5.91 Å². The third-order valence-corrected chi connectivity index (χ3v) is 3.14. The van der Waals surface area contributed by atoms with E-state index in [1.807, 2.05) is 6.08 Å². The zero-order valence-electron chi connectivity index (χ0n) is 10.2. The predicted molar refractivity (Wildman–Crippen MR) is 63.8 cm³/mol. The van der Waals surface area contributed by atoms with E-state index in [-0.39, 0.29) is 18.2 Å². The Labute approximate surface area is 97.3 Å². The highest BCUT2D eigenvalue weighted by molar-refractivity contribution is 6.13. The van der Waals surface area contributed by atoms with Gasteiger partial charge in [-0.25, -0.2) is 0 Å². The first-order valence-corrected chi connectivity index (χ1v) is 6.20.